The van der Waals surface area contributed by atoms with Crippen LogP contribution in [0.1, 0.15) is 48.9 Å². The minimum Gasteiger partial charge on any atom is -0.349 e. The van der Waals surface area contributed by atoms with Gasteiger partial charge in [0, 0.05) is 24.6 Å². The Kier molecular flexibility index (Phi) is 4.15. The summed E-state index contributed by atoms with van der Waals surface area (Å²) in [6.07, 6.45) is 5.86. The zero-order chi connectivity index (χ0) is 14.8. The van der Waals surface area contributed by atoms with Crippen LogP contribution in [-0.4, -0.2) is 24.4 Å². The molecular formula is C16H19ClN2O2. The van der Waals surface area contributed by atoms with Crippen molar-refractivity contribution in [1.29, 1.82) is 0 Å². The van der Waals surface area contributed by atoms with Gasteiger partial charge in [-0.2, -0.15) is 0 Å². The molecule has 1 aromatic carbocycles. The van der Waals surface area contributed by atoms with Gasteiger partial charge in [-0.3, -0.25) is 9.59 Å². The number of hydrogen-bond acceptors (Lipinski definition) is 2. The van der Waals surface area contributed by atoms with Crippen molar-refractivity contribution in [2.75, 3.05) is 11.4 Å². The second-order valence-corrected chi connectivity index (χ2v) is 6.18. The highest BCUT2D eigenvalue weighted by Gasteiger charge is 2.25. The van der Waals surface area contributed by atoms with Crippen LogP contribution >= 0.6 is 11.6 Å². The molecule has 2 aliphatic rings. The molecule has 1 aliphatic carbocycles. The zero-order valence-electron chi connectivity index (χ0n) is 11.9. The van der Waals surface area contributed by atoms with E-state index in [0.29, 0.717) is 29.2 Å². The Morgan fingerprint density at radius 2 is 2.00 bits per heavy atom. The minimum absolute atomic E-state index is 0.0743. The summed E-state index contributed by atoms with van der Waals surface area (Å²) < 4.78 is 0. The van der Waals surface area contributed by atoms with Gasteiger partial charge in [0.25, 0.3) is 5.91 Å². The second-order valence-electron chi connectivity index (χ2n) is 5.77. The average Bonchev–Trinajstić information content (AvgIpc) is 3.11. The molecule has 4 nitrogen and oxygen atoms in total. The molecule has 0 spiro atoms. The first-order valence-electron chi connectivity index (χ1n) is 7.56. The minimum atomic E-state index is -0.0773. The molecule has 112 valence electrons. The topological polar surface area (TPSA) is 49.4 Å². The number of anilines is 1. The number of carbonyl (C=O) groups excluding carboxylic acids is 2. The van der Waals surface area contributed by atoms with Crippen LogP contribution in [0.3, 0.4) is 0 Å². The molecule has 5 heteroatoms. The molecule has 0 aromatic heterocycles. The Labute approximate surface area is 129 Å². The molecule has 2 fully saturated rings. The van der Waals surface area contributed by atoms with Crippen LogP contribution < -0.4 is 10.2 Å². The van der Waals surface area contributed by atoms with Crippen LogP contribution in [0.5, 0.6) is 0 Å². The smallest absolute Gasteiger partial charge is 0.251 e. The van der Waals surface area contributed by atoms with Gasteiger partial charge in [-0.1, -0.05) is 24.4 Å². The first-order chi connectivity index (χ1) is 10.1. The van der Waals surface area contributed by atoms with Gasteiger partial charge < -0.3 is 10.2 Å². The first-order valence-corrected chi connectivity index (χ1v) is 7.94. The normalized spacial score (nSPS) is 19.3. The fourth-order valence-electron chi connectivity index (χ4n) is 3.10. The summed E-state index contributed by atoms with van der Waals surface area (Å²) in [6, 6.07) is 5.43. The quantitative estimate of drug-likeness (QED) is 0.932. The van der Waals surface area contributed by atoms with E-state index in [9.17, 15) is 9.59 Å². The SMILES string of the molecule is O=C(NC1CCCC1)c1ccc(Cl)c(N2CCCC2=O)c1. The Morgan fingerprint density at radius 1 is 1.24 bits per heavy atom. The molecule has 0 bridgehead atoms. The van der Waals surface area contributed by atoms with E-state index >= 15 is 0 Å². The van der Waals surface area contributed by atoms with Crippen molar-refractivity contribution in [3.8, 4) is 0 Å². The van der Waals surface area contributed by atoms with Crippen LogP contribution in [0.25, 0.3) is 0 Å². The summed E-state index contributed by atoms with van der Waals surface area (Å²) in [5.74, 6) is -0.00304. The van der Waals surface area contributed by atoms with E-state index in [4.69, 9.17) is 11.6 Å². The first kappa shape index (κ1) is 14.4. The average molecular weight is 307 g/mol. The third kappa shape index (κ3) is 3.05. The number of halogens is 1. The van der Waals surface area contributed by atoms with Crippen molar-refractivity contribution in [2.24, 2.45) is 0 Å². The largest absolute Gasteiger partial charge is 0.349 e. The molecule has 1 aromatic rings. The van der Waals surface area contributed by atoms with E-state index in [1.165, 1.54) is 12.8 Å². The molecule has 0 unspecified atom stereocenters. The molecule has 1 heterocycles. The highest BCUT2D eigenvalue weighted by molar-refractivity contribution is 6.34. The number of carbonyl (C=O) groups is 2. The predicted octanol–water partition coefficient (Wildman–Crippen LogP) is 3.14. The van der Waals surface area contributed by atoms with Gasteiger partial charge in [0.1, 0.15) is 0 Å². The van der Waals surface area contributed by atoms with Gasteiger partial charge in [-0.15, -0.1) is 0 Å². The molecule has 1 saturated carbocycles. The van der Waals surface area contributed by atoms with Crippen LogP contribution in [0, 0.1) is 0 Å². The monoisotopic (exact) mass is 306 g/mol. The maximum Gasteiger partial charge on any atom is 0.251 e. The summed E-state index contributed by atoms with van der Waals surface area (Å²) in [5, 5.41) is 3.57. The Hall–Kier alpha value is -1.55. The Balaban J connectivity index is 1.79. The lowest BCUT2D eigenvalue weighted by Crippen LogP contribution is -2.33. The highest BCUT2D eigenvalue weighted by atomic mass is 35.5. The number of nitrogens with zero attached hydrogens (tertiary/aromatic N) is 1. The molecule has 1 aliphatic heterocycles. The number of rotatable bonds is 3. The fraction of sp³-hybridized carbons (Fsp3) is 0.500. The van der Waals surface area contributed by atoms with Crippen LogP contribution in [0.2, 0.25) is 5.02 Å². The third-order valence-corrected chi connectivity index (χ3v) is 4.58. The number of hydrogen-bond donors (Lipinski definition) is 1. The molecular weight excluding hydrogens is 288 g/mol. The lowest BCUT2D eigenvalue weighted by atomic mass is 10.1. The van der Waals surface area contributed by atoms with Gasteiger partial charge in [0.2, 0.25) is 5.91 Å². The van der Waals surface area contributed by atoms with E-state index in [2.05, 4.69) is 5.32 Å². The standard InChI is InChI=1S/C16H19ClN2O2/c17-13-8-7-11(16(21)18-12-4-1-2-5-12)10-14(13)19-9-3-6-15(19)20/h7-8,10,12H,1-6,9H2,(H,18,21). The van der Waals surface area contributed by atoms with E-state index in [1.807, 2.05) is 0 Å². The highest BCUT2D eigenvalue weighted by Crippen LogP contribution is 2.30. The molecule has 2 amide bonds. The van der Waals surface area contributed by atoms with Gasteiger partial charge in [-0.25, -0.2) is 0 Å². The van der Waals surface area contributed by atoms with Crippen molar-refractivity contribution < 1.29 is 9.59 Å². The lowest BCUT2D eigenvalue weighted by molar-refractivity contribution is -0.117. The van der Waals surface area contributed by atoms with Crippen LogP contribution in [0.15, 0.2) is 18.2 Å². The summed E-state index contributed by atoms with van der Waals surface area (Å²) in [6.45, 7) is 0.673. The van der Waals surface area contributed by atoms with Crippen molar-refractivity contribution in [3.63, 3.8) is 0 Å². The maximum atomic E-state index is 12.3. The van der Waals surface area contributed by atoms with Gasteiger partial charge in [0.15, 0.2) is 0 Å². The summed E-state index contributed by atoms with van der Waals surface area (Å²) in [4.78, 5) is 25.8. The lowest BCUT2D eigenvalue weighted by Gasteiger charge is -2.19. The Morgan fingerprint density at radius 3 is 2.67 bits per heavy atom. The van der Waals surface area contributed by atoms with Crippen LogP contribution in [0.4, 0.5) is 5.69 Å². The molecule has 0 radical (unpaired) electrons. The predicted molar refractivity (Wildman–Crippen MR) is 82.8 cm³/mol. The summed E-state index contributed by atoms with van der Waals surface area (Å²) >= 11 is 6.19. The third-order valence-electron chi connectivity index (χ3n) is 4.26. The molecule has 1 saturated heterocycles. The van der Waals surface area contributed by atoms with Crippen LogP contribution in [-0.2, 0) is 4.79 Å². The van der Waals surface area contributed by atoms with Gasteiger partial charge in [0.05, 0.1) is 10.7 Å². The molecule has 0 atom stereocenters. The summed E-state index contributed by atoms with van der Waals surface area (Å²) in [5.41, 5.74) is 1.22. The van der Waals surface area contributed by atoms with E-state index < -0.39 is 0 Å². The van der Waals surface area contributed by atoms with E-state index in [1.54, 1.807) is 23.1 Å². The summed E-state index contributed by atoms with van der Waals surface area (Å²) in [7, 11) is 0. The van der Waals surface area contributed by atoms with Gasteiger partial charge in [-0.05, 0) is 37.5 Å². The van der Waals surface area contributed by atoms with Crippen molar-refractivity contribution in [2.45, 2.75) is 44.6 Å². The Bertz CT molecular complexity index is 567. The molecule has 3 rings (SSSR count). The number of nitrogens with one attached hydrogen (secondary N) is 1. The molecule has 21 heavy (non-hydrogen) atoms. The molecule has 1 N–H and O–H groups in total. The van der Waals surface area contributed by atoms with Crippen molar-refractivity contribution in [1.82, 2.24) is 5.32 Å². The number of amides is 2. The van der Waals surface area contributed by atoms with E-state index in [-0.39, 0.29) is 17.9 Å². The van der Waals surface area contributed by atoms with Gasteiger partial charge >= 0.3 is 0 Å². The van der Waals surface area contributed by atoms with E-state index in [0.717, 1.165) is 19.3 Å². The van der Waals surface area contributed by atoms with Crippen molar-refractivity contribution >= 4 is 29.1 Å². The van der Waals surface area contributed by atoms with Crippen molar-refractivity contribution in [3.05, 3.63) is 28.8 Å². The zero-order valence-corrected chi connectivity index (χ0v) is 12.7. The second kappa shape index (κ2) is 6.06. The maximum absolute atomic E-state index is 12.3. The number of benzene rings is 1. The fourth-order valence-corrected chi connectivity index (χ4v) is 3.32.